The number of ether oxygens (including phenoxy) is 1. The van der Waals surface area contributed by atoms with Gasteiger partial charge >= 0.3 is 0 Å². The predicted molar refractivity (Wildman–Crippen MR) is 104 cm³/mol. The third kappa shape index (κ3) is 4.51. The molecule has 0 saturated carbocycles. The van der Waals surface area contributed by atoms with Gasteiger partial charge in [-0.3, -0.25) is 9.59 Å². The molecular weight excluding hydrogens is 342 g/mol. The Labute approximate surface area is 160 Å². The van der Waals surface area contributed by atoms with Crippen molar-refractivity contribution in [3.05, 3.63) is 53.9 Å². The van der Waals surface area contributed by atoms with E-state index in [0.717, 1.165) is 17.7 Å². The average molecular weight is 369 g/mol. The normalized spacial score (nSPS) is 15.5. The molecular formula is C21H27N3O3. The summed E-state index contributed by atoms with van der Waals surface area (Å²) in [6, 6.07) is 11.5. The number of rotatable bonds is 6. The van der Waals surface area contributed by atoms with E-state index in [1.165, 1.54) is 0 Å². The maximum Gasteiger partial charge on any atom is 0.270 e. The monoisotopic (exact) mass is 369 g/mol. The molecule has 1 aliphatic rings. The molecule has 0 bridgehead atoms. The maximum absolute atomic E-state index is 12.5. The van der Waals surface area contributed by atoms with Crippen molar-refractivity contribution in [1.29, 1.82) is 0 Å². The minimum atomic E-state index is -0.0408. The highest BCUT2D eigenvalue weighted by Crippen LogP contribution is 2.28. The fraction of sp³-hybridized carbons (Fsp3) is 0.429. The van der Waals surface area contributed by atoms with Gasteiger partial charge in [-0.25, -0.2) is 0 Å². The first-order valence-electron chi connectivity index (χ1n) is 9.52. The summed E-state index contributed by atoms with van der Waals surface area (Å²) in [5.74, 6) is 1.10. The van der Waals surface area contributed by atoms with E-state index in [0.29, 0.717) is 37.8 Å². The average Bonchev–Trinajstić information content (AvgIpc) is 3.26. The zero-order chi connectivity index (χ0) is 19.2. The molecule has 2 aromatic rings. The standard InChI is InChI=1S/C21H27N3O3/c1-3-16(2)17-7-4-5-9-19(17)27-15-20(25)23-11-13-24(14-12-23)21(26)18-8-6-10-22-18/h4-10,16,22H,3,11-15H2,1-2H3. The van der Waals surface area contributed by atoms with E-state index in [4.69, 9.17) is 4.74 Å². The molecule has 6 nitrogen and oxygen atoms in total. The zero-order valence-electron chi connectivity index (χ0n) is 16.0. The molecule has 1 atom stereocenters. The van der Waals surface area contributed by atoms with Crippen LogP contribution in [0.25, 0.3) is 0 Å². The number of carbonyl (C=O) groups is 2. The van der Waals surface area contributed by atoms with Crippen LogP contribution in [-0.4, -0.2) is 59.4 Å². The van der Waals surface area contributed by atoms with Gasteiger partial charge in [0.1, 0.15) is 11.4 Å². The lowest BCUT2D eigenvalue weighted by Gasteiger charge is -2.34. The van der Waals surface area contributed by atoms with E-state index in [1.807, 2.05) is 24.3 Å². The molecule has 6 heteroatoms. The number of nitrogens with zero attached hydrogens (tertiary/aromatic N) is 2. The van der Waals surface area contributed by atoms with E-state index >= 15 is 0 Å². The molecule has 1 N–H and O–H groups in total. The van der Waals surface area contributed by atoms with E-state index < -0.39 is 0 Å². The van der Waals surface area contributed by atoms with E-state index in [-0.39, 0.29) is 18.4 Å². The van der Waals surface area contributed by atoms with Crippen LogP contribution in [0.5, 0.6) is 5.75 Å². The van der Waals surface area contributed by atoms with Crippen molar-refractivity contribution in [3.63, 3.8) is 0 Å². The second-order valence-corrected chi connectivity index (χ2v) is 6.89. The van der Waals surface area contributed by atoms with Crippen LogP contribution in [0, 0.1) is 0 Å². The molecule has 1 fully saturated rings. The fourth-order valence-electron chi connectivity index (χ4n) is 3.26. The molecule has 1 aromatic heterocycles. The lowest BCUT2D eigenvalue weighted by Crippen LogP contribution is -2.51. The summed E-state index contributed by atoms with van der Waals surface area (Å²) in [5, 5.41) is 0. The molecule has 2 heterocycles. The Morgan fingerprint density at radius 2 is 1.78 bits per heavy atom. The largest absolute Gasteiger partial charge is 0.483 e. The number of amides is 2. The second-order valence-electron chi connectivity index (χ2n) is 6.89. The van der Waals surface area contributed by atoms with E-state index in [2.05, 4.69) is 24.9 Å². The number of aromatic amines is 1. The van der Waals surface area contributed by atoms with Gasteiger partial charge in [0.05, 0.1) is 0 Å². The molecule has 144 valence electrons. The molecule has 1 unspecified atom stereocenters. The number of carbonyl (C=O) groups excluding carboxylic acids is 2. The minimum absolute atomic E-state index is 0.0224. The van der Waals surface area contributed by atoms with Crippen LogP contribution in [0.3, 0.4) is 0 Å². The van der Waals surface area contributed by atoms with Gasteiger partial charge in [0.2, 0.25) is 0 Å². The SMILES string of the molecule is CCC(C)c1ccccc1OCC(=O)N1CCN(C(=O)c2ccc[nH]2)CC1. The molecule has 0 spiro atoms. The van der Waals surface area contributed by atoms with Crippen molar-refractivity contribution in [2.24, 2.45) is 0 Å². The van der Waals surface area contributed by atoms with Crippen molar-refractivity contribution in [3.8, 4) is 5.75 Å². The lowest BCUT2D eigenvalue weighted by atomic mass is 9.98. The highest BCUT2D eigenvalue weighted by molar-refractivity contribution is 5.92. The van der Waals surface area contributed by atoms with Crippen molar-refractivity contribution in [1.82, 2.24) is 14.8 Å². The topological polar surface area (TPSA) is 65.6 Å². The molecule has 1 aromatic carbocycles. The van der Waals surface area contributed by atoms with Crippen LogP contribution < -0.4 is 4.74 Å². The Bertz CT molecular complexity index is 765. The Morgan fingerprint density at radius 3 is 2.44 bits per heavy atom. The third-order valence-corrected chi connectivity index (χ3v) is 5.16. The fourth-order valence-corrected chi connectivity index (χ4v) is 3.26. The summed E-state index contributed by atoms with van der Waals surface area (Å²) in [5.41, 5.74) is 1.72. The number of aromatic nitrogens is 1. The van der Waals surface area contributed by atoms with Crippen molar-refractivity contribution < 1.29 is 14.3 Å². The maximum atomic E-state index is 12.5. The Balaban J connectivity index is 1.51. The van der Waals surface area contributed by atoms with Gasteiger partial charge in [0.25, 0.3) is 11.8 Å². The van der Waals surface area contributed by atoms with Gasteiger partial charge in [-0.05, 0) is 36.1 Å². The first-order valence-corrected chi connectivity index (χ1v) is 9.52. The van der Waals surface area contributed by atoms with E-state index in [9.17, 15) is 9.59 Å². The lowest BCUT2D eigenvalue weighted by molar-refractivity contribution is -0.134. The molecule has 3 rings (SSSR count). The summed E-state index contributed by atoms with van der Waals surface area (Å²) in [6.45, 7) is 6.45. The first kappa shape index (κ1) is 19.0. The Hall–Kier alpha value is -2.76. The minimum Gasteiger partial charge on any atom is -0.483 e. The summed E-state index contributed by atoms with van der Waals surface area (Å²) in [4.78, 5) is 31.3. The highest BCUT2D eigenvalue weighted by atomic mass is 16.5. The van der Waals surface area contributed by atoms with Crippen LogP contribution in [-0.2, 0) is 4.79 Å². The first-order chi connectivity index (χ1) is 13.1. The Morgan fingerprint density at radius 1 is 1.07 bits per heavy atom. The molecule has 1 aliphatic heterocycles. The zero-order valence-corrected chi connectivity index (χ0v) is 16.0. The Kier molecular flexibility index (Phi) is 6.16. The van der Waals surface area contributed by atoms with Crippen LogP contribution >= 0.6 is 0 Å². The quantitative estimate of drug-likeness (QED) is 0.851. The third-order valence-electron chi connectivity index (χ3n) is 5.16. The van der Waals surface area contributed by atoms with Crippen molar-refractivity contribution >= 4 is 11.8 Å². The van der Waals surface area contributed by atoms with Gasteiger partial charge < -0.3 is 19.5 Å². The van der Waals surface area contributed by atoms with Gasteiger partial charge in [0, 0.05) is 32.4 Å². The van der Waals surface area contributed by atoms with Crippen LogP contribution in [0.2, 0.25) is 0 Å². The summed E-state index contributed by atoms with van der Waals surface area (Å²) in [6.07, 6.45) is 2.76. The molecule has 27 heavy (non-hydrogen) atoms. The second kappa shape index (κ2) is 8.75. The molecule has 2 amide bonds. The number of benzene rings is 1. The number of para-hydroxylation sites is 1. The van der Waals surface area contributed by atoms with Gasteiger partial charge in [0.15, 0.2) is 6.61 Å². The van der Waals surface area contributed by atoms with Gasteiger partial charge in [-0.2, -0.15) is 0 Å². The molecule has 0 aliphatic carbocycles. The summed E-state index contributed by atoms with van der Waals surface area (Å²) < 4.78 is 5.83. The van der Waals surface area contributed by atoms with Crippen molar-refractivity contribution in [2.45, 2.75) is 26.2 Å². The number of piperazine rings is 1. The summed E-state index contributed by atoms with van der Waals surface area (Å²) >= 11 is 0. The number of hydrogen-bond acceptors (Lipinski definition) is 3. The molecule has 1 saturated heterocycles. The van der Waals surface area contributed by atoms with Gasteiger partial charge in [-0.1, -0.05) is 32.0 Å². The number of nitrogens with one attached hydrogen (secondary N) is 1. The van der Waals surface area contributed by atoms with E-state index in [1.54, 1.807) is 22.1 Å². The van der Waals surface area contributed by atoms with Crippen LogP contribution in [0.4, 0.5) is 0 Å². The van der Waals surface area contributed by atoms with Crippen LogP contribution in [0.1, 0.15) is 42.2 Å². The van der Waals surface area contributed by atoms with Crippen LogP contribution in [0.15, 0.2) is 42.6 Å². The smallest absolute Gasteiger partial charge is 0.270 e. The molecule has 0 radical (unpaired) electrons. The van der Waals surface area contributed by atoms with Gasteiger partial charge in [-0.15, -0.1) is 0 Å². The number of H-pyrrole nitrogens is 1. The summed E-state index contributed by atoms with van der Waals surface area (Å²) in [7, 11) is 0. The number of hydrogen-bond donors (Lipinski definition) is 1. The predicted octanol–water partition coefficient (Wildman–Crippen LogP) is 2.89. The van der Waals surface area contributed by atoms with Crippen molar-refractivity contribution in [2.75, 3.05) is 32.8 Å². The highest BCUT2D eigenvalue weighted by Gasteiger charge is 2.25.